The number of carbonyl (C=O) groups is 1. The predicted molar refractivity (Wildman–Crippen MR) is 126 cm³/mol. The van der Waals surface area contributed by atoms with Crippen LogP contribution in [0.1, 0.15) is 43.5 Å². The van der Waals surface area contributed by atoms with E-state index in [0.717, 1.165) is 5.56 Å². The molecular formula is C24H25F6N3O2S. The van der Waals surface area contributed by atoms with Gasteiger partial charge in [0, 0.05) is 25.3 Å². The maximum atomic E-state index is 13.3. The number of ether oxygens (including phenoxy) is 1. The van der Waals surface area contributed by atoms with Crippen molar-refractivity contribution >= 4 is 29.1 Å². The quantitative estimate of drug-likeness (QED) is 0.343. The molecule has 5 nitrogen and oxygen atoms in total. The third-order valence-corrected chi connectivity index (χ3v) is 5.65. The van der Waals surface area contributed by atoms with Gasteiger partial charge in [0.25, 0.3) is 0 Å². The third kappa shape index (κ3) is 7.02. The maximum Gasteiger partial charge on any atom is 0.416 e. The Morgan fingerprint density at radius 3 is 2.00 bits per heavy atom. The molecule has 1 heterocycles. The van der Waals surface area contributed by atoms with Gasteiger partial charge in [-0.2, -0.15) is 26.3 Å². The number of alkyl halides is 6. The van der Waals surface area contributed by atoms with Crippen molar-refractivity contribution in [2.24, 2.45) is 0 Å². The number of nitrogens with one attached hydrogen (secondary N) is 1. The van der Waals surface area contributed by atoms with Gasteiger partial charge in [-0.1, -0.05) is 30.3 Å². The Bertz CT molecular complexity index is 1070. The summed E-state index contributed by atoms with van der Waals surface area (Å²) in [5.74, 6) is 0. The standard InChI is InChI=1S/C24H25F6N3O2S/c1-22(2,3)35-21(34)32-9-10-33(19(14-32)15-7-5-4-6-8-15)20(36)31-18-12-16(23(25,26)27)11-17(13-18)24(28,29)30/h4-8,11-13,19H,9-10,14H2,1-3H3,(H,31,36). The number of nitrogens with zero attached hydrogens (tertiary/aromatic N) is 2. The maximum absolute atomic E-state index is 13.3. The molecule has 196 valence electrons. The Morgan fingerprint density at radius 2 is 1.50 bits per heavy atom. The Morgan fingerprint density at radius 1 is 0.944 bits per heavy atom. The highest BCUT2D eigenvalue weighted by atomic mass is 32.1. The van der Waals surface area contributed by atoms with E-state index in [2.05, 4.69) is 5.32 Å². The average Bonchev–Trinajstić information content (AvgIpc) is 2.76. The molecule has 1 atom stereocenters. The van der Waals surface area contributed by atoms with Crippen molar-refractivity contribution < 1.29 is 35.9 Å². The van der Waals surface area contributed by atoms with Crippen LogP contribution in [0.25, 0.3) is 0 Å². The summed E-state index contributed by atoms with van der Waals surface area (Å²) >= 11 is 5.42. The van der Waals surface area contributed by atoms with E-state index in [-0.39, 0.29) is 30.8 Å². The van der Waals surface area contributed by atoms with Gasteiger partial charge in [0.1, 0.15) is 5.60 Å². The molecule has 36 heavy (non-hydrogen) atoms. The smallest absolute Gasteiger partial charge is 0.416 e. The zero-order valence-electron chi connectivity index (χ0n) is 19.7. The van der Waals surface area contributed by atoms with E-state index in [9.17, 15) is 31.1 Å². The highest BCUT2D eigenvalue weighted by Crippen LogP contribution is 2.38. The second kappa shape index (κ2) is 10.2. The second-order valence-electron chi connectivity index (χ2n) is 9.27. The molecule has 1 N–H and O–H groups in total. The van der Waals surface area contributed by atoms with E-state index in [0.29, 0.717) is 12.1 Å². The van der Waals surface area contributed by atoms with Crippen LogP contribution < -0.4 is 5.32 Å². The molecule has 0 bridgehead atoms. The largest absolute Gasteiger partial charge is 0.444 e. The van der Waals surface area contributed by atoms with Gasteiger partial charge in [-0.05, 0) is 56.8 Å². The first-order valence-electron chi connectivity index (χ1n) is 10.9. The highest BCUT2D eigenvalue weighted by molar-refractivity contribution is 7.80. The molecule has 2 aromatic carbocycles. The molecule has 0 aromatic heterocycles. The Hall–Kier alpha value is -3.02. The first kappa shape index (κ1) is 27.6. The monoisotopic (exact) mass is 533 g/mol. The fourth-order valence-corrected chi connectivity index (χ4v) is 4.04. The number of rotatable bonds is 2. The Labute approximate surface area is 210 Å². The lowest BCUT2D eigenvalue weighted by Crippen LogP contribution is -2.54. The van der Waals surface area contributed by atoms with E-state index in [1.807, 2.05) is 0 Å². The fourth-order valence-electron chi connectivity index (χ4n) is 3.70. The fraction of sp³-hybridized carbons (Fsp3) is 0.417. The van der Waals surface area contributed by atoms with Crippen LogP contribution in [0.3, 0.4) is 0 Å². The number of anilines is 1. The van der Waals surface area contributed by atoms with Gasteiger partial charge in [-0.3, -0.25) is 0 Å². The molecule has 0 spiro atoms. The van der Waals surface area contributed by atoms with E-state index < -0.39 is 46.9 Å². The van der Waals surface area contributed by atoms with Crippen molar-refractivity contribution in [1.29, 1.82) is 0 Å². The van der Waals surface area contributed by atoms with Crippen molar-refractivity contribution in [3.8, 4) is 0 Å². The first-order valence-corrected chi connectivity index (χ1v) is 11.4. The van der Waals surface area contributed by atoms with Crippen molar-refractivity contribution in [2.45, 2.75) is 44.8 Å². The number of hydrogen-bond acceptors (Lipinski definition) is 3. The van der Waals surface area contributed by atoms with Crippen LogP contribution in [0.2, 0.25) is 0 Å². The molecule has 3 rings (SSSR count). The number of halogens is 6. The van der Waals surface area contributed by atoms with E-state index in [1.165, 1.54) is 4.90 Å². The number of piperazine rings is 1. The molecule has 1 aliphatic heterocycles. The van der Waals surface area contributed by atoms with Crippen molar-refractivity contribution in [3.63, 3.8) is 0 Å². The molecule has 1 unspecified atom stereocenters. The summed E-state index contributed by atoms with van der Waals surface area (Å²) in [4.78, 5) is 15.8. The lowest BCUT2D eigenvalue weighted by atomic mass is 10.0. The van der Waals surface area contributed by atoms with Crippen LogP contribution in [-0.2, 0) is 17.1 Å². The van der Waals surface area contributed by atoms with Crippen LogP contribution >= 0.6 is 12.2 Å². The summed E-state index contributed by atoms with van der Waals surface area (Å²) in [6.07, 6.45) is -10.5. The number of amides is 1. The van der Waals surface area contributed by atoms with Gasteiger partial charge in [0.15, 0.2) is 5.11 Å². The van der Waals surface area contributed by atoms with Crippen molar-refractivity contribution in [2.75, 3.05) is 25.0 Å². The third-order valence-electron chi connectivity index (χ3n) is 5.32. The number of thiocarbonyl (C=S) groups is 1. The zero-order chi connectivity index (χ0) is 26.9. The van der Waals surface area contributed by atoms with Crippen LogP contribution in [0.15, 0.2) is 48.5 Å². The van der Waals surface area contributed by atoms with Crippen molar-refractivity contribution in [1.82, 2.24) is 9.80 Å². The first-order chi connectivity index (χ1) is 16.5. The summed E-state index contributed by atoms with van der Waals surface area (Å²) in [5.41, 5.74) is -3.29. The summed E-state index contributed by atoms with van der Waals surface area (Å²) in [6, 6.07) is 9.64. The summed E-state index contributed by atoms with van der Waals surface area (Å²) in [5, 5.41) is 2.47. The summed E-state index contributed by atoms with van der Waals surface area (Å²) in [7, 11) is 0. The topological polar surface area (TPSA) is 44.8 Å². The Kier molecular flexibility index (Phi) is 7.77. The predicted octanol–water partition coefficient (Wildman–Crippen LogP) is 6.72. The van der Waals surface area contributed by atoms with Gasteiger partial charge in [-0.25, -0.2) is 4.79 Å². The molecule has 12 heteroatoms. The lowest BCUT2D eigenvalue weighted by molar-refractivity contribution is -0.143. The summed E-state index contributed by atoms with van der Waals surface area (Å²) in [6.45, 7) is 5.72. The minimum atomic E-state index is -4.98. The van der Waals surface area contributed by atoms with Crippen LogP contribution in [-0.4, -0.2) is 46.2 Å². The molecule has 0 saturated carbocycles. The lowest BCUT2D eigenvalue weighted by Gasteiger charge is -2.43. The zero-order valence-corrected chi connectivity index (χ0v) is 20.5. The molecule has 1 amide bonds. The SMILES string of the molecule is CC(C)(C)OC(=O)N1CCN(C(=S)Nc2cc(C(F)(F)F)cc(C(F)(F)F)c2)C(c2ccccc2)C1. The summed E-state index contributed by atoms with van der Waals surface area (Å²) < 4.78 is 85.0. The van der Waals surface area contributed by atoms with Crippen LogP contribution in [0.4, 0.5) is 36.8 Å². The van der Waals surface area contributed by atoms with Gasteiger partial charge >= 0.3 is 18.4 Å². The molecular weight excluding hydrogens is 508 g/mol. The minimum absolute atomic E-state index is 0.0562. The molecule has 1 aliphatic rings. The van der Waals surface area contributed by atoms with Gasteiger partial charge in [0.2, 0.25) is 0 Å². The van der Waals surface area contributed by atoms with Gasteiger partial charge < -0.3 is 19.9 Å². The van der Waals surface area contributed by atoms with E-state index in [1.54, 1.807) is 56.0 Å². The molecule has 1 fully saturated rings. The number of benzene rings is 2. The number of hydrogen-bond donors (Lipinski definition) is 1. The molecule has 0 aliphatic carbocycles. The van der Waals surface area contributed by atoms with Crippen LogP contribution in [0, 0.1) is 0 Å². The second-order valence-corrected chi connectivity index (χ2v) is 9.66. The van der Waals surface area contributed by atoms with Gasteiger partial charge in [-0.15, -0.1) is 0 Å². The number of carbonyl (C=O) groups excluding carboxylic acids is 1. The highest BCUT2D eigenvalue weighted by Gasteiger charge is 2.38. The minimum Gasteiger partial charge on any atom is -0.444 e. The van der Waals surface area contributed by atoms with Gasteiger partial charge in [0.05, 0.1) is 17.2 Å². The molecule has 2 aromatic rings. The van der Waals surface area contributed by atoms with E-state index in [4.69, 9.17) is 17.0 Å². The van der Waals surface area contributed by atoms with Crippen LogP contribution in [0.5, 0.6) is 0 Å². The van der Waals surface area contributed by atoms with E-state index >= 15 is 0 Å². The molecule has 1 saturated heterocycles. The molecule has 0 radical (unpaired) electrons. The Balaban J connectivity index is 1.89. The normalized spacial score (nSPS) is 17.1. The average molecular weight is 534 g/mol. The van der Waals surface area contributed by atoms with Crippen molar-refractivity contribution in [3.05, 3.63) is 65.2 Å².